The minimum absolute atomic E-state index is 0.774. The second-order valence-electron chi connectivity index (χ2n) is 3.30. The maximum atomic E-state index is 8.57. The molecule has 0 saturated carbocycles. The Hall–Kier alpha value is -1.23. The number of rotatable bonds is 2. The molecule has 0 amide bonds. The molecule has 1 aliphatic heterocycles. The lowest BCUT2D eigenvalue weighted by atomic mass is 10.2. The molecule has 0 aromatic heterocycles. The summed E-state index contributed by atoms with van der Waals surface area (Å²) in [5.74, 6) is 0. The number of allylic oxidation sites excluding steroid dienone is 4. The van der Waals surface area contributed by atoms with E-state index in [4.69, 9.17) is 5.26 Å². The number of nitrogens with zero attached hydrogens (tertiary/aromatic N) is 2. The van der Waals surface area contributed by atoms with Crippen LogP contribution in [-0.2, 0) is 0 Å². The molecule has 0 unspecified atom stereocenters. The van der Waals surface area contributed by atoms with Crippen LogP contribution >= 0.6 is 0 Å². The van der Waals surface area contributed by atoms with Crippen LogP contribution in [0.3, 0.4) is 0 Å². The summed E-state index contributed by atoms with van der Waals surface area (Å²) in [5.41, 5.74) is 2.15. The van der Waals surface area contributed by atoms with Gasteiger partial charge in [-0.05, 0) is 38.8 Å². The molecule has 0 aromatic carbocycles. The molecule has 1 rings (SSSR count). The second-order valence-corrected chi connectivity index (χ2v) is 3.30. The quantitative estimate of drug-likeness (QED) is 0.604. The molecule has 13 heavy (non-hydrogen) atoms. The van der Waals surface area contributed by atoms with Gasteiger partial charge in [0.05, 0.1) is 6.07 Å². The predicted molar refractivity (Wildman–Crippen MR) is 53.9 cm³/mol. The van der Waals surface area contributed by atoms with Gasteiger partial charge >= 0.3 is 0 Å². The molecule has 0 spiro atoms. The van der Waals surface area contributed by atoms with Crippen LogP contribution in [0.5, 0.6) is 0 Å². The van der Waals surface area contributed by atoms with Gasteiger partial charge in [0.2, 0.25) is 0 Å². The molecule has 1 fully saturated rings. The van der Waals surface area contributed by atoms with Gasteiger partial charge < -0.3 is 4.90 Å². The molecule has 0 aromatic rings. The third kappa shape index (κ3) is 2.62. The van der Waals surface area contributed by atoms with Crippen molar-refractivity contribution < 1.29 is 0 Å². The molecule has 70 valence electrons. The number of hydrogen-bond acceptors (Lipinski definition) is 2. The average Bonchev–Trinajstić information content (AvgIpc) is 2.61. The summed E-state index contributed by atoms with van der Waals surface area (Å²) < 4.78 is 0. The molecule has 2 nitrogen and oxygen atoms in total. The first-order valence-corrected chi connectivity index (χ1v) is 4.80. The minimum Gasteiger partial charge on any atom is -0.375 e. The molecule has 2 heteroatoms. The topological polar surface area (TPSA) is 27.0 Å². The van der Waals surface area contributed by atoms with Gasteiger partial charge in [-0.2, -0.15) is 5.26 Å². The van der Waals surface area contributed by atoms with Crippen LogP contribution in [-0.4, -0.2) is 18.0 Å². The zero-order valence-electron chi connectivity index (χ0n) is 8.38. The molecular formula is C11H16N2. The van der Waals surface area contributed by atoms with Gasteiger partial charge in [-0.15, -0.1) is 0 Å². The third-order valence-electron chi connectivity index (χ3n) is 2.35. The van der Waals surface area contributed by atoms with Crippen molar-refractivity contribution in [2.24, 2.45) is 0 Å². The minimum atomic E-state index is 0.774. The van der Waals surface area contributed by atoms with Crippen molar-refractivity contribution in [1.29, 1.82) is 5.26 Å². The standard InChI is InChI=1S/C11H16N2/c1-3-13-8-4-5-11(13)7-6-10(2)9-12/h6-7H,3-5,8H2,1-2H3. The summed E-state index contributed by atoms with van der Waals surface area (Å²) in [5, 5.41) is 8.57. The van der Waals surface area contributed by atoms with E-state index in [0.717, 1.165) is 18.5 Å². The zero-order chi connectivity index (χ0) is 9.68. The van der Waals surface area contributed by atoms with E-state index in [1.807, 2.05) is 13.0 Å². The van der Waals surface area contributed by atoms with Crippen molar-refractivity contribution >= 4 is 0 Å². The van der Waals surface area contributed by atoms with E-state index in [9.17, 15) is 0 Å². The molecule has 0 radical (unpaired) electrons. The van der Waals surface area contributed by atoms with Crippen molar-refractivity contribution in [3.8, 4) is 6.07 Å². The van der Waals surface area contributed by atoms with E-state index in [1.54, 1.807) is 0 Å². The molecule has 1 heterocycles. The van der Waals surface area contributed by atoms with Gasteiger partial charge in [0, 0.05) is 24.4 Å². The fraction of sp³-hybridized carbons (Fsp3) is 0.545. The summed E-state index contributed by atoms with van der Waals surface area (Å²) in [4.78, 5) is 2.36. The fourth-order valence-corrected chi connectivity index (χ4v) is 1.56. The van der Waals surface area contributed by atoms with E-state index in [2.05, 4.69) is 24.0 Å². The molecule has 1 saturated heterocycles. The molecule has 0 N–H and O–H groups in total. The normalized spacial score (nSPS) is 20.8. The van der Waals surface area contributed by atoms with Crippen molar-refractivity contribution in [3.63, 3.8) is 0 Å². The van der Waals surface area contributed by atoms with Gasteiger partial charge in [-0.25, -0.2) is 0 Å². The maximum Gasteiger partial charge on any atom is 0.0944 e. The molecule has 0 atom stereocenters. The van der Waals surface area contributed by atoms with Crippen LogP contribution in [0.4, 0.5) is 0 Å². The lowest BCUT2D eigenvalue weighted by molar-refractivity contribution is 0.415. The van der Waals surface area contributed by atoms with Gasteiger partial charge in [0.1, 0.15) is 0 Å². The smallest absolute Gasteiger partial charge is 0.0944 e. The lowest BCUT2D eigenvalue weighted by Gasteiger charge is -2.16. The van der Waals surface area contributed by atoms with Crippen molar-refractivity contribution in [2.75, 3.05) is 13.1 Å². The van der Waals surface area contributed by atoms with Crippen molar-refractivity contribution in [2.45, 2.75) is 26.7 Å². The van der Waals surface area contributed by atoms with Crippen LogP contribution in [0.2, 0.25) is 0 Å². The van der Waals surface area contributed by atoms with Gasteiger partial charge in [0.25, 0.3) is 0 Å². The number of nitriles is 1. The summed E-state index contributed by atoms with van der Waals surface area (Å²) in [6.07, 6.45) is 6.39. The SMILES string of the molecule is CCN1CCCC1=CC=C(C)C#N. The largest absolute Gasteiger partial charge is 0.375 e. The van der Waals surface area contributed by atoms with Crippen LogP contribution in [0.25, 0.3) is 0 Å². The first-order valence-electron chi connectivity index (χ1n) is 4.80. The second kappa shape index (κ2) is 4.71. The lowest BCUT2D eigenvalue weighted by Crippen LogP contribution is -2.16. The van der Waals surface area contributed by atoms with Gasteiger partial charge in [-0.3, -0.25) is 0 Å². The average molecular weight is 176 g/mol. The molecule has 0 bridgehead atoms. The summed E-state index contributed by atoms with van der Waals surface area (Å²) in [7, 11) is 0. The third-order valence-corrected chi connectivity index (χ3v) is 2.35. The van der Waals surface area contributed by atoms with E-state index in [1.165, 1.54) is 18.7 Å². The monoisotopic (exact) mass is 176 g/mol. The molecule has 0 aliphatic carbocycles. The predicted octanol–water partition coefficient (Wildman–Crippen LogP) is 2.46. The first kappa shape index (κ1) is 9.85. The Labute approximate surface area is 80.2 Å². The van der Waals surface area contributed by atoms with Crippen molar-refractivity contribution in [1.82, 2.24) is 4.90 Å². The summed E-state index contributed by atoms with van der Waals surface area (Å²) in [6, 6.07) is 2.12. The van der Waals surface area contributed by atoms with Crippen LogP contribution in [0.15, 0.2) is 23.4 Å². The zero-order valence-corrected chi connectivity index (χ0v) is 8.38. The van der Waals surface area contributed by atoms with Gasteiger partial charge in [-0.1, -0.05) is 0 Å². The summed E-state index contributed by atoms with van der Waals surface area (Å²) in [6.45, 7) is 6.25. The van der Waals surface area contributed by atoms with Crippen LogP contribution < -0.4 is 0 Å². The van der Waals surface area contributed by atoms with Crippen LogP contribution in [0, 0.1) is 11.3 Å². The molecular weight excluding hydrogens is 160 g/mol. The first-order chi connectivity index (χ1) is 6.27. The highest BCUT2D eigenvalue weighted by Crippen LogP contribution is 2.20. The van der Waals surface area contributed by atoms with E-state index in [-0.39, 0.29) is 0 Å². The Bertz CT molecular complexity index is 268. The fourth-order valence-electron chi connectivity index (χ4n) is 1.56. The Balaban J connectivity index is 2.66. The number of likely N-dealkylation sites (tertiary alicyclic amines) is 1. The van der Waals surface area contributed by atoms with Crippen molar-refractivity contribution in [3.05, 3.63) is 23.4 Å². The van der Waals surface area contributed by atoms with Gasteiger partial charge in [0.15, 0.2) is 0 Å². The maximum absolute atomic E-state index is 8.57. The van der Waals surface area contributed by atoms with E-state index < -0.39 is 0 Å². The summed E-state index contributed by atoms with van der Waals surface area (Å²) >= 11 is 0. The Morgan fingerprint density at radius 3 is 3.08 bits per heavy atom. The van der Waals surface area contributed by atoms with E-state index in [0.29, 0.717) is 0 Å². The Morgan fingerprint density at radius 2 is 2.46 bits per heavy atom. The highest BCUT2D eigenvalue weighted by Gasteiger charge is 2.13. The Morgan fingerprint density at radius 1 is 1.69 bits per heavy atom. The van der Waals surface area contributed by atoms with E-state index >= 15 is 0 Å². The Kier molecular flexibility index (Phi) is 3.57. The van der Waals surface area contributed by atoms with Crippen LogP contribution in [0.1, 0.15) is 26.7 Å². The highest BCUT2D eigenvalue weighted by atomic mass is 15.1. The number of hydrogen-bond donors (Lipinski definition) is 0. The highest BCUT2D eigenvalue weighted by molar-refractivity contribution is 5.25. The molecule has 1 aliphatic rings.